The summed E-state index contributed by atoms with van der Waals surface area (Å²) in [4.78, 5) is 32.1. The van der Waals surface area contributed by atoms with Crippen LogP contribution < -0.4 is 15.8 Å². The second kappa shape index (κ2) is 10.2. The predicted octanol–water partition coefficient (Wildman–Crippen LogP) is 3.42. The Bertz CT molecular complexity index is 1670. The maximum Gasteiger partial charge on any atom is 0.254 e. The summed E-state index contributed by atoms with van der Waals surface area (Å²) >= 11 is 0. The van der Waals surface area contributed by atoms with E-state index in [0.29, 0.717) is 37.6 Å². The van der Waals surface area contributed by atoms with Crippen molar-refractivity contribution in [2.24, 2.45) is 24.6 Å². The molecule has 2 aromatic heterocycles. The molecule has 2 aromatic carbocycles. The van der Waals surface area contributed by atoms with Crippen LogP contribution in [0.3, 0.4) is 0 Å². The van der Waals surface area contributed by atoms with Gasteiger partial charge in [0, 0.05) is 44.2 Å². The molecule has 4 aromatic rings. The number of benzene rings is 2. The number of imidazole rings is 1. The number of hydrogen-bond donors (Lipinski definition) is 2. The monoisotopic (exact) mass is 558 g/mol. The number of carbonyl (C=O) groups is 2. The number of para-hydroxylation sites is 1. The van der Waals surface area contributed by atoms with Crippen molar-refractivity contribution < 1.29 is 18.7 Å². The summed E-state index contributed by atoms with van der Waals surface area (Å²) in [6, 6.07) is 11.5. The molecule has 41 heavy (non-hydrogen) atoms. The van der Waals surface area contributed by atoms with Crippen LogP contribution in [0.4, 0.5) is 4.39 Å². The molecule has 4 heterocycles. The van der Waals surface area contributed by atoms with Gasteiger partial charge in [-0.2, -0.15) is 0 Å². The second-order valence-corrected chi connectivity index (χ2v) is 11.8. The van der Waals surface area contributed by atoms with Gasteiger partial charge < -0.3 is 29.8 Å². The van der Waals surface area contributed by atoms with Gasteiger partial charge in [-0.25, -0.2) is 9.37 Å². The van der Waals surface area contributed by atoms with E-state index in [-0.39, 0.29) is 24.3 Å². The fourth-order valence-corrected chi connectivity index (χ4v) is 6.28. The van der Waals surface area contributed by atoms with E-state index in [1.807, 2.05) is 25.2 Å². The molecule has 214 valence electrons. The van der Waals surface area contributed by atoms with Gasteiger partial charge in [0.05, 0.1) is 40.8 Å². The average molecular weight is 559 g/mol. The molecule has 2 amide bonds. The van der Waals surface area contributed by atoms with E-state index in [0.717, 1.165) is 57.7 Å². The number of fused-ring (bicyclic) bond motifs is 3. The Hall–Kier alpha value is -3.92. The zero-order valence-electron chi connectivity index (χ0n) is 23.2. The Labute approximate surface area is 237 Å². The number of nitrogens with one attached hydrogen (secondary N) is 1. The largest absolute Gasteiger partial charge is 0.491 e. The van der Waals surface area contributed by atoms with Crippen LogP contribution in [0.2, 0.25) is 0 Å². The summed E-state index contributed by atoms with van der Waals surface area (Å²) in [5.41, 5.74) is 11.1. The fraction of sp³-hybridized carbons (Fsp3) is 0.452. The smallest absolute Gasteiger partial charge is 0.254 e. The van der Waals surface area contributed by atoms with Crippen LogP contribution in [-0.4, -0.2) is 69.8 Å². The first-order chi connectivity index (χ1) is 19.9. The van der Waals surface area contributed by atoms with E-state index < -0.39 is 12.7 Å². The van der Waals surface area contributed by atoms with Crippen LogP contribution in [-0.2, 0) is 24.8 Å². The van der Waals surface area contributed by atoms with Gasteiger partial charge in [-0.15, -0.1) is 0 Å². The van der Waals surface area contributed by atoms with Crippen molar-refractivity contribution in [3.05, 3.63) is 47.5 Å². The van der Waals surface area contributed by atoms with Crippen LogP contribution in [0.5, 0.6) is 5.75 Å². The molecule has 0 spiro atoms. The normalized spacial score (nSPS) is 19.7. The first-order valence-corrected chi connectivity index (χ1v) is 14.5. The van der Waals surface area contributed by atoms with Gasteiger partial charge >= 0.3 is 0 Å². The zero-order chi connectivity index (χ0) is 28.2. The quantitative estimate of drug-likeness (QED) is 0.328. The Morgan fingerprint density at radius 1 is 1.20 bits per heavy atom. The maximum atomic E-state index is 13.3. The Morgan fingerprint density at radius 3 is 2.80 bits per heavy atom. The minimum absolute atomic E-state index is 0.0560. The molecule has 2 aliphatic heterocycles. The van der Waals surface area contributed by atoms with E-state index in [2.05, 4.69) is 32.7 Å². The molecule has 3 N–H and O–H groups in total. The number of aromatic nitrogens is 3. The molecule has 9 nitrogen and oxygen atoms in total. The topological polar surface area (TPSA) is 107 Å². The number of alkyl halides is 1. The van der Waals surface area contributed by atoms with Crippen LogP contribution in [0, 0.1) is 11.8 Å². The Kier molecular flexibility index (Phi) is 6.45. The molecule has 2 fully saturated rings. The first kappa shape index (κ1) is 26.0. The molecule has 3 aliphatic rings. The highest BCUT2D eigenvalue weighted by molar-refractivity contribution is 6.01. The summed E-state index contributed by atoms with van der Waals surface area (Å²) < 4.78 is 23.7. The first-order valence-electron chi connectivity index (χ1n) is 14.5. The highest BCUT2D eigenvalue weighted by Gasteiger charge is 2.30. The number of hydrogen-bond acceptors (Lipinski definition) is 5. The van der Waals surface area contributed by atoms with Gasteiger partial charge in [0.15, 0.2) is 5.82 Å². The van der Waals surface area contributed by atoms with Gasteiger partial charge in [0.1, 0.15) is 12.4 Å². The average Bonchev–Trinajstić information content (AvgIpc) is 3.46. The number of amides is 2. The molecule has 10 heteroatoms. The van der Waals surface area contributed by atoms with Crippen LogP contribution in [0.25, 0.3) is 33.5 Å². The zero-order valence-corrected chi connectivity index (χ0v) is 23.2. The van der Waals surface area contributed by atoms with Crippen LogP contribution in [0.15, 0.2) is 36.4 Å². The third-order valence-electron chi connectivity index (χ3n) is 8.78. The van der Waals surface area contributed by atoms with Gasteiger partial charge in [-0.05, 0) is 61.4 Å². The third kappa shape index (κ3) is 4.64. The molecule has 1 aliphatic carbocycles. The van der Waals surface area contributed by atoms with Crippen molar-refractivity contribution in [1.29, 1.82) is 0 Å². The van der Waals surface area contributed by atoms with Crippen LogP contribution in [0.1, 0.15) is 35.2 Å². The number of rotatable bonds is 9. The lowest BCUT2D eigenvalue weighted by molar-refractivity contribution is -0.123. The van der Waals surface area contributed by atoms with E-state index >= 15 is 0 Å². The van der Waals surface area contributed by atoms with Crippen molar-refractivity contribution in [3.63, 3.8) is 0 Å². The van der Waals surface area contributed by atoms with Crippen LogP contribution >= 0.6 is 0 Å². The molecule has 0 radical (unpaired) electrons. The molecule has 2 atom stereocenters. The lowest BCUT2D eigenvalue weighted by Gasteiger charge is -2.30. The predicted molar refractivity (Wildman–Crippen MR) is 155 cm³/mol. The van der Waals surface area contributed by atoms with E-state index in [1.54, 1.807) is 4.90 Å². The lowest BCUT2D eigenvalue weighted by Crippen LogP contribution is -2.45. The van der Waals surface area contributed by atoms with Crippen molar-refractivity contribution in [2.75, 3.05) is 32.9 Å². The van der Waals surface area contributed by atoms with Crippen molar-refractivity contribution in [1.82, 2.24) is 24.3 Å². The number of carbonyl (C=O) groups excluding carboxylic acids is 2. The summed E-state index contributed by atoms with van der Waals surface area (Å²) in [5, 5.41) is 3.96. The number of aryl methyl sites for hydroxylation is 1. The SMILES string of the molecule is Cn1c(-c2cc3cccc(OCC4CCNC4=O)c3n2CC2CC2)nc2cc3c(cc21)CCN(CC(N)CF)C3=O. The molecule has 7 rings (SSSR count). The summed E-state index contributed by atoms with van der Waals surface area (Å²) in [6.07, 6.45) is 3.88. The van der Waals surface area contributed by atoms with Crippen molar-refractivity contribution in [3.8, 4) is 17.3 Å². The molecular weight excluding hydrogens is 523 g/mol. The standard InChI is InChI=1S/C31H35FN6O3/c1-36-25-11-19-8-10-37(16-22(33)14-32)31(40)23(19)13-24(25)35-29(36)26-12-20-3-2-4-27(28(20)38(26)15-18-5-6-18)41-17-21-7-9-34-30(21)39/h2-4,11-13,18,21-22H,5-10,14-17,33H2,1H3,(H,34,39). The Balaban J connectivity index is 1.28. The van der Waals surface area contributed by atoms with Gasteiger partial charge in [-0.3, -0.25) is 9.59 Å². The molecule has 2 unspecified atom stereocenters. The summed E-state index contributed by atoms with van der Waals surface area (Å²) in [5.74, 6) is 2.02. The summed E-state index contributed by atoms with van der Waals surface area (Å²) in [6.45, 7) is 1.99. The van der Waals surface area contributed by atoms with E-state index in [4.69, 9.17) is 15.5 Å². The maximum absolute atomic E-state index is 13.3. The van der Waals surface area contributed by atoms with Gasteiger partial charge in [0.25, 0.3) is 5.91 Å². The lowest BCUT2D eigenvalue weighted by atomic mass is 9.97. The number of nitrogens with zero attached hydrogens (tertiary/aromatic N) is 4. The fourth-order valence-electron chi connectivity index (χ4n) is 6.28. The molecule has 1 saturated carbocycles. The highest BCUT2D eigenvalue weighted by atomic mass is 19.1. The van der Waals surface area contributed by atoms with E-state index in [1.165, 1.54) is 12.8 Å². The molecular formula is C31H35FN6O3. The highest BCUT2D eigenvalue weighted by Crippen LogP contribution is 2.39. The molecule has 0 bridgehead atoms. The number of nitrogens with two attached hydrogens (primary N) is 1. The number of ether oxygens (including phenoxy) is 1. The minimum Gasteiger partial charge on any atom is -0.491 e. The van der Waals surface area contributed by atoms with Crippen molar-refractivity contribution >= 4 is 33.8 Å². The third-order valence-corrected chi connectivity index (χ3v) is 8.78. The molecule has 1 saturated heterocycles. The van der Waals surface area contributed by atoms with Gasteiger partial charge in [0.2, 0.25) is 5.91 Å². The number of halogens is 1. The second-order valence-electron chi connectivity index (χ2n) is 11.8. The van der Waals surface area contributed by atoms with Crippen molar-refractivity contribution in [2.45, 2.75) is 38.3 Å². The van der Waals surface area contributed by atoms with Gasteiger partial charge in [-0.1, -0.05) is 12.1 Å². The Morgan fingerprint density at radius 2 is 2.05 bits per heavy atom. The summed E-state index contributed by atoms with van der Waals surface area (Å²) in [7, 11) is 2.02. The minimum atomic E-state index is -0.678. The van der Waals surface area contributed by atoms with E-state index in [9.17, 15) is 14.0 Å².